The molecule has 0 heterocycles. The Kier molecular flexibility index (Phi) is 54.8. The van der Waals surface area contributed by atoms with Crippen LogP contribution in [0.4, 0.5) is 0 Å². The van der Waals surface area contributed by atoms with Gasteiger partial charge in [0.25, 0.3) is 0 Å². The van der Waals surface area contributed by atoms with E-state index in [1.54, 1.807) is 0 Å². The zero-order chi connectivity index (χ0) is 63.2. The van der Waals surface area contributed by atoms with Gasteiger partial charge in [-0.3, -0.25) is 37.3 Å². The number of aliphatic hydroxyl groups is 1. The lowest BCUT2D eigenvalue weighted by Gasteiger charge is -2.21. The molecule has 0 rings (SSSR count). The van der Waals surface area contributed by atoms with Crippen LogP contribution in [0.25, 0.3) is 0 Å². The predicted molar refractivity (Wildman–Crippen MR) is 340 cm³/mol. The van der Waals surface area contributed by atoms with Crippen LogP contribution in [0.15, 0.2) is 0 Å². The Hall–Kier alpha value is -1.94. The third-order valence-electron chi connectivity index (χ3n) is 15.1. The van der Waals surface area contributed by atoms with E-state index >= 15 is 0 Å². The lowest BCUT2D eigenvalue weighted by molar-refractivity contribution is -0.161. The summed E-state index contributed by atoms with van der Waals surface area (Å²) < 4.78 is 68.1. The van der Waals surface area contributed by atoms with Crippen molar-refractivity contribution in [2.75, 3.05) is 39.6 Å². The molecule has 0 aromatic carbocycles. The number of ether oxygens (including phenoxy) is 4. The number of unbranched alkanes of at least 4 members (excludes halogenated alkanes) is 29. The number of rotatable bonds is 63. The second-order valence-corrected chi connectivity index (χ2v) is 28.7. The summed E-state index contributed by atoms with van der Waals surface area (Å²) in [6.45, 7) is 14.0. The van der Waals surface area contributed by atoms with Gasteiger partial charge in [-0.05, 0) is 49.4 Å². The molecule has 0 aromatic heterocycles. The van der Waals surface area contributed by atoms with Crippen molar-refractivity contribution in [2.45, 2.75) is 337 Å². The van der Waals surface area contributed by atoms with Crippen molar-refractivity contribution in [3.63, 3.8) is 0 Å². The second kappa shape index (κ2) is 56.1. The molecule has 17 nitrogen and oxygen atoms in total. The van der Waals surface area contributed by atoms with Gasteiger partial charge in [0.2, 0.25) is 0 Å². The molecule has 19 heteroatoms. The summed E-state index contributed by atoms with van der Waals surface area (Å²) in [6, 6.07) is 0. The molecule has 0 aromatic rings. The summed E-state index contributed by atoms with van der Waals surface area (Å²) in [7, 11) is -9.89. The summed E-state index contributed by atoms with van der Waals surface area (Å²) in [5.74, 6) is 0.766. The molecule has 0 saturated carbocycles. The van der Waals surface area contributed by atoms with Crippen molar-refractivity contribution in [1.82, 2.24) is 0 Å². The van der Waals surface area contributed by atoms with E-state index in [0.29, 0.717) is 31.6 Å². The van der Waals surface area contributed by atoms with Crippen LogP contribution in [-0.4, -0.2) is 96.7 Å². The molecule has 0 amide bonds. The average Bonchev–Trinajstić information content (AvgIpc) is 3.47. The Morgan fingerprint density at radius 2 is 0.494 bits per heavy atom. The van der Waals surface area contributed by atoms with Crippen LogP contribution in [-0.2, 0) is 65.4 Å². The summed E-state index contributed by atoms with van der Waals surface area (Å²) >= 11 is 0. The molecule has 3 unspecified atom stereocenters. The monoisotopic (exact) mass is 1250 g/mol. The maximum atomic E-state index is 13.0. The van der Waals surface area contributed by atoms with E-state index < -0.39 is 97.5 Å². The van der Waals surface area contributed by atoms with E-state index in [0.717, 1.165) is 114 Å². The molecule has 0 aliphatic heterocycles. The van der Waals surface area contributed by atoms with Gasteiger partial charge < -0.3 is 33.8 Å². The highest BCUT2D eigenvalue weighted by Gasteiger charge is 2.30. The first-order chi connectivity index (χ1) is 40.6. The van der Waals surface area contributed by atoms with Crippen LogP contribution >= 0.6 is 15.6 Å². The van der Waals surface area contributed by atoms with E-state index in [2.05, 4.69) is 55.4 Å². The van der Waals surface area contributed by atoms with Gasteiger partial charge in [-0.25, -0.2) is 9.13 Å². The topological polar surface area (TPSA) is 237 Å². The molecule has 0 bridgehead atoms. The van der Waals surface area contributed by atoms with Crippen molar-refractivity contribution in [1.29, 1.82) is 0 Å². The number of esters is 4. The van der Waals surface area contributed by atoms with Crippen molar-refractivity contribution >= 4 is 39.5 Å². The largest absolute Gasteiger partial charge is 0.472 e. The van der Waals surface area contributed by atoms with Crippen molar-refractivity contribution in [3.8, 4) is 0 Å². The summed E-state index contributed by atoms with van der Waals surface area (Å²) in [5, 5.41) is 10.6. The molecule has 5 atom stereocenters. The van der Waals surface area contributed by atoms with Crippen LogP contribution in [0.5, 0.6) is 0 Å². The highest BCUT2D eigenvalue weighted by Crippen LogP contribution is 2.45. The van der Waals surface area contributed by atoms with Crippen molar-refractivity contribution < 1.29 is 80.2 Å². The smallest absolute Gasteiger partial charge is 0.462 e. The van der Waals surface area contributed by atoms with Gasteiger partial charge >= 0.3 is 39.5 Å². The Morgan fingerprint density at radius 1 is 0.294 bits per heavy atom. The summed E-state index contributed by atoms with van der Waals surface area (Å²) in [4.78, 5) is 72.3. The molecular weight excluding hydrogens is 1130 g/mol. The van der Waals surface area contributed by atoms with Crippen LogP contribution in [0.1, 0.15) is 319 Å². The Balaban J connectivity index is 5.26. The number of carbonyl (C=O) groups is 4. The number of hydrogen-bond donors (Lipinski definition) is 3. The van der Waals surface area contributed by atoms with Gasteiger partial charge in [-0.1, -0.05) is 267 Å². The minimum atomic E-state index is -4.95. The Labute approximate surface area is 517 Å². The maximum absolute atomic E-state index is 13.0. The molecule has 0 spiro atoms. The van der Waals surface area contributed by atoms with E-state index in [4.69, 9.17) is 37.0 Å². The minimum Gasteiger partial charge on any atom is -0.462 e. The highest BCUT2D eigenvalue weighted by molar-refractivity contribution is 7.47. The lowest BCUT2D eigenvalue weighted by Crippen LogP contribution is -2.30. The SMILES string of the molecule is CC(C)CCCCCCCCCCCC(=O)OC[C@H](COP(=O)(O)OCC(O)COP(=O)(O)OC[C@@H](COC(=O)CCCCCCCCCC(C)C)OC(=O)CCCCCCCCCCCC(C)C)OC(=O)CCCCCCCCCCC(C)C. The molecule has 0 aliphatic carbocycles. The van der Waals surface area contributed by atoms with Crippen LogP contribution in [0, 0.1) is 23.7 Å². The first-order valence-electron chi connectivity index (χ1n) is 34.2. The Morgan fingerprint density at radius 3 is 0.729 bits per heavy atom. The molecule has 0 radical (unpaired) electrons. The highest BCUT2D eigenvalue weighted by atomic mass is 31.2. The maximum Gasteiger partial charge on any atom is 0.472 e. The molecule has 0 saturated heterocycles. The van der Waals surface area contributed by atoms with Crippen molar-refractivity contribution in [2.24, 2.45) is 23.7 Å². The lowest BCUT2D eigenvalue weighted by atomic mass is 10.0. The number of carbonyl (C=O) groups excluding carboxylic acids is 4. The van der Waals surface area contributed by atoms with E-state index in [1.165, 1.54) is 116 Å². The number of phosphoric acid groups is 2. The minimum absolute atomic E-state index is 0.103. The van der Waals surface area contributed by atoms with Gasteiger partial charge in [0.05, 0.1) is 26.4 Å². The zero-order valence-corrected chi connectivity index (χ0v) is 57.0. The molecule has 504 valence electrons. The van der Waals surface area contributed by atoms with Crippen LogP contribution in [0.3, 0.4) is 0 Å². The fourth-order valence-corrected chi connectivity index (χ4v) is 11.4. The number of aliphatic hydroxyl groups excluding tert-OH is 1. The molecular formula is C66H128O17P2. The van der Waals surface area contributed by atoms with Gasteiger partial charge in [0, 0.05) is 25.7 Å². The molecule has 0 aliphatic rings. The predicted octanol–water partition coefficient (Wildman–Crippen LogP) is 18.1. The normalized spacial score (nSPS) is 14.4. The second-order valence-electron chi connectivity index (χ2n) is 25.8. The third kappa shape index (κ3) is 60.7. The number of phosphoric ester groups is 2. The zero-order valence-electron chi connectivity index (χ0n) is 55.2. The first kappa shape index (κ1) is 83.1. The van der Waals surface area contributed by atoms with Gasteiger partial charge in [0.1, 0.15) is 19.3 Å². The molecule has 85 heavy (non-hydrogen) atoms. The van der Waals surface area contributed by atoms with Gasteiger partial charge in [0.15, 0.2) is 12.2 Å². The quantitative estimate of drug-likeness (QED) is 0.0222. The van der Waals surface area contributed by atoms with Crippen LogP contribution < -0.4 is 0 Å². The van der Waals surface area contributed by atoms with E-state index in [9.17, 15) is 43.2 Å². The molecule has 0 fully saturated rings. The average molecular weight is 1260 g/mol. The van der Waals surface area contributed by atoms with Crippen molar-refractivity contribution in [3.05, 3.63) is 0 Å². The standard InChI is InChI=1S/C66H128O17P2/c1-56(2)42-34-26-18-11-9-13-22-30-38-46-63(68)76-52-61(83-66(71)49-41-33-24-16-15-20-28-36-44-58(5)6)54-80-84(72,73)78-50-60(67)51-79-85(74,75)81-55-62(53-77-64(69)47-39-31-25-17-21-29-37-45-59(7)8)82-65(70)48-40-32-23-14-10-12-19-27-35-43-57(3)4/h56-62,67H,9-55H2,1-8H3,(H,72,73)(H,74,75)/t60?,61-,62-/m1/s1. The first-order valence-corrected chi connectivity index (χ1v) is 37.2. The summed E-state index contributed by atoms with van der Waals surface area (Å²) in [6.07, 6.45) is 36.3. The van der Waals surface area contributed by atoms with Gasteiger partial charge in [-0.15, -0.1) is 0 Å². The van der Waals surface area contributed by atoms with E-state index in [-0.39, 0.29) is 25.7 Å². The molecule has 3 N–H and O–H groups in total. The number of hydrogen-bond acceptors (Lipinski definition) is 15. The fourth-order valence-electron chi connectivity index (χ4n) is 9.78. The third-order valence-corrected chi connectivity index (χ3v) is 17.0. The summed E-state index contributed by atoms with van der Waals surface area (Å²) in [5.41, 5.74) is 0. The Bertz CT molecular complexity index is 1700. The fraction of sp³-hybridized carbons (Fsp3) is 0.939. The van der Waals surface area contributed by atoms with Gasteiger partial charge in [-0.2, -0.15) is 0 Å². The van der Waals surface area contributed by atoms with Crippen LogP contribution in [0.2, 0.25) is 0 Å². The van der Waals surface area contributed by atoms with E-state index in [1.807, 2.05) is 0 Å².